The average molecular weight is 395 g/mol. The first-order valence-electron chi connectivity index (χ1n) is 8.13. The maximum Gasteiger partial charge on any atom is 0.306 e. The number of esters is 1. The lowest BCUT2D eigenvalue weighted by Crippen LogP contribution is -2.30. The molecule has 10 heteroatoms. The van der Waals surface area contributed by atoms with Crippen molar-refractivity contribution in [2.24, 2.45) is 5.14 Å². The van der Waals surface area contributed by atoms with Crippen molar-refractivity contribution in [1.82, 2.24) is 5.16 Å². The maximum atomic E-state index is 12.1. The van der Waals surface area contributed by atoms with Crippen LogP contribution in [-0.2, 0) is 30.8 Å². The van der Waals surface area contributed by atoms with Gasteiger partial charge in [0.15, 0.2) is 6.10 Å². The van der Waals surface area contributed by atoms with Gasteiger partial charge >= 0.3 is 5.97 Å². The number of nitrogens with zero attached hydrogens (tertiary/aromatic N) is 1. The first kappa shape index (κ1) is 20.6. The molecule has 1 aromatic heterocycles. The van der Waals surface area contributed by atoms with E-state index in [0.717, 1.165) is 5.56 Å². The fraction of sp³-hybridized carbons (Fsp3) is 0.353. The van der Waals surface area contributed by atoms with Crippen molar-refractivity contribution in [3.05, 3.63) is 41.3 Å². The number of nitrogens with one attached hydrogen (secondary N) is 1. The second-order valence-electron chi connectivity index (χ2n) is 5.99. The lowest BCUT2D eigenvalue weighted by atomic mass is 10.1. The molecule has 1 aromatic carbocycles. The SMILES string of the molecule is Cc1noc(C)c1CCC(=O)O[C@H](C)C(=O)Nc1ccc(S(N)(=O)=O)cc1. The highest BCUT2D eigenvalue weighted by molar-refractivity contribution is 7.89. The van der Waals surface area contributed by atoms with Gasteiger partial charge in [-0.1, -0.05) is 5.16 Å². The molecule has 1 heterocycles. The quantitative estimate of drug-likeness (QED) is 0.676. The highest BCUT2D eigenvalue weighted by Crippen LogP contribution is 2.16. The molecule has 27 heavy (non-hydrogen) atoms. The summed E-state index contributed by atoms with van der Waals surface area (Å²) in [5, 5.41) is 11.4. The first-order chi connectivity index (χ1) is 12.6. The molecule has 0 aliphatic heterocycles. The predicted octanol–water partition coefficient (Wildman–Crippen LogP) is 1.44. The van der Waals surface area contributed by atoms with E-state index < -0.39 is 28.0 Å². The van der Waals surface area contributed by atoms with E-state index in [1.807, 2.05) is 0 Å². The molecule has 0 saturated heterocycles. The van der Waals surface area contributed by atoms with E-state index in [4.69, 9.17) is 14.4 Å². The fourth-order valence-electron chi connectivity index (χ4n) is 2.37. The van der Waals surface area contributed by atoms with Crippen molar-refractivity contribution in [2.75, 3.05) is 5.32 Å². The third kappa shape index (κ3) is 5.63. The van der Waals surface area contributed by atoms with Crippen LogP contribution in [0.5, 0.6) is 0 Å². The van der Waals surface area contributed by atoms with E-state index in [9.17, 15) is 18.0 Å². The van der Waals surface area contributed by atoms with Crippen molar-refractivity contribution < 1.29 is 27.3 Å². The third-order valence-corrected chi connectivity index (χ3v) is 4.82. The van der Waals surface area contributed by atoms with E-state index in [-0.39, 0.29) is 11.3 Å². The number of hydrogen-bond acceptors (Lipinski definition) is 7. The van der Waals surface area contributed by atoms with Crippen LogP contribution in [0.15, 0.2) is 33.7 Å². The minimum atomic E-state index is -3.80. The summed E-state index contributed by atoms with van der Waals surface area (Å²) in [5.41, 5.74) is 1.92. The molecule has 2 rings (SSSR count). The molecule has 0 fully saturated rings. The van der Waals surface area contributed by atoms with E-state index in [1.54, 1.807) is 13.8 Å². The molecule has 1 atom stereocenters. The Kier molecular flexibility index (Phi) is 6.34. The Morgan fingerprint density at radius 2 is 1.89 bits per heavy atom. The molecule has 0 bridgehead atoms. The number of rotatable bonds is 7. The van der Waals surface area contributed by atoms with Crippen LogP contribution in [0.25, 0.3) is 0 Å². The van der Waals surface area contributed by atoms with E-state index >= 15 is 0 Å². The van der Waals surface area contributed by atoms with Crippen LogP contribution >= 0.6 is 0 Å². The number of amides is 1. The Bertz CT molecular complexity index is 915. The highest BCUT2D eigenvalue weighted by atomic mass is 32.2. The Hall–Kier alpha value is -2.72. The summed E-state index contributed by atoms with van der Waals surface area (Å²) in [6.07, 6.45) is -0.521. The second kappa shape index (κ2) is 8.31. The molecule has 0 radical (unpaired) electrons. The number of carbonyl (C=O) groups excluding carboxylic acids is 2. The zero-order valence-electron chi connectivity index (χ0n) is 15.2. The summed E-state index contributed by atoms with van der Waals surface area (Å²) in [6, 6.07) is 5.32. The van der Waals surface area contributed by atoms with Crippen molar-refractivity contribution in [3.8, 4) is 0 Å². The van der Waals surface area contributed by atoms with Gasteiger partial charge in [0.05, 0.1) is 10.6 Å². The second-order valence-corrected chi connectivity index (χ2v) is 7.55. The van der Waals surface area contributed by atoms with Crippen molar-refractivity contribution in [2.45, 2.75) is 44.6 Å². The van der Waals surface area contributed by atoms with Crippen LogP contribution in [0.4, 0.5) is 5.69 Å². The van der Waals surface area contributed by atoms with Crippen LogP contribution < -0.4 is 10.5 Å². The summed E-state index contributed by atoms with van der Waals surface area (Å²) >= 11 is 0. The van der Waals surface area contributed by atoms with Crippen LogP contribution in [-0.4, -0.2) is 31.6 Å². The molecule has 3 N–H and O–H groups in total. The lowest BCUT2D eigenvalue weighted by molar-refractivity contribution is -0.153. The van der Waals surface area contributed by atoms with Gasteiger partial charge in [0, 0.05) is 17.7 Å². The number of primary sulfonamides is 1. The highest BCUT2D eigenvalue weighted by Gasteiger charge is 2.19. The van der Waals surface area contributed by atoms with Crippen LogP contribution in [0.3, 0.4) is 0 Å². The van der Waals surface area contributed by atoms with Gasteiger partial charge in [-0.3, -0.25) is 9.59 Å². The number of benzene rings is 1. The van der Waals surface area contributed by atoms with Gasteiger partial charge in [0.25, 0.3) is 5.91 Å². The molecular formula is C17H21N3O6S. The maximum absolute atomic E-state index is 12.1. The molecular weight excluding hydrogens is 374 g/mol. The number of aryl methyl sites for hydroxylation is 2. The van der Waals surface area contributed by atoms with Gasteiger partial charge in [-0.25, -0.2) is 13.6 Å². The molecule has 2 aromatic rings. The van der Waals surface area contributed by atoms with E-state index in [0.29, 0.717) is 23.6 Å². The van der Waals surface area contributed by atoms with E-state index in [2.05, 4.69) is 10.5 Å². The molecule has 0 spiro atoms. The van der Waals surface area contributed by atoms with Crippen molar-refractivity contribution >= 4 is 27.6 Å². The standard InChI is InChI=1S/C17H21N3O6S/c1-10-15(11(2)26-20-10)8-9-16(21)25-12(3)17(22)19-13-4-6-14(7-5-13)27(18,23)24/h4-7,12H,8-9H2,1-3H3,(H,19,22)(H2,18,23,24)/t12-/m1/s1. The molecule has 0 aliphatic rings. The van der Waals surface area contributed by atoms with Crippen molar-refractivity contribution in [1.29, 1.82) is 0 Å². The Morgan fingerprint density at radius 1 is 1.26 bits per heavy atom. The number of aromatic nitrogens is 1. The van der Waals surface area contributed by atoms with Crippen LogP contribution in [0.2, 0.25) is 0 Å². The van der Waals surface area contributed by atoms with Gasteiger partial charge < -0.3 is 14.6 Å². The average Bonchev–Trinajstić information content (AvgIpc) is 2.90. The lowest BCUT2D eigenvalue weighted by Gasteiger charge is -2.13. The van der Waals surface area contributed by atoms with Gasteiger partial charge in [0.2, 0.25) is 10.0 Å². The zero-order valence-corrected chi connectivity index (χ0v) is 16.0. The minimum Gasteiger partial charge on any atom is -0.453 e. The van der Waals surface area contributed by atoms with Crippen LogP contribution in [0, 0.1) is 13.8 Å². The summed E-state index contributed by atoms with van der Waals surface area (Å²) < 4.78 is 32.6. The number of carbonyl (C=O) groups is 2. The largest absolute Gasteiger partial charge is 0.453 e. The van der Waals surface area contributed by atoms with Crippen molar-refractivity contribution in [3.63, 3.8) is 0 Å². The predicted molar refractivity (Wildman–Crippen MR) is 96.3 cm³/mol. The number of sulfonamides is 1. The minimum absolute atomic E-state index is 0.0701. The Morgan fingerprint density at radius 3 is 2.41 bits per heavy atom. The Balaban J connectivity index is 1.86. The molecule has 0 aliphatic carbocycles. The molecule has 1 amide bonds. The monoisotopic (exact) mass is 395 g/mol. The van der Waals surface area contributed by atoms with Crippen LogP contribution in [0.1, 0.15) is 30.4 Å². The summed E-state index contributed by atoms with van der Waals surface area (Å²) in [6.45, 7) is 4.99. The van der Waals surface area contributed by atoms with Gasteiger partial charge in [-0.2, -0.15) is 0 Å². The summed E-state index contributed by atoms with van der Waals surface area (Å²) in [7, 11) is -3.80. The van der Waals surface area contributed by atoms with Gasteiger partial charge in [-0.05, 0) is 51.5 Å². The number of nitrogens with two attached hydrogens (primary N) is 1. The molecule has 0 saturated carbocycles. The fourth-order valence-corrected chi connectivity index (χ4v) is 2.88. The third-order valence-electron chi connectivity index (χ3n) is 3.89. The molecule has 0 unspecified atom stereocenters. The molecule has 9 nitrogen and oxygen atoms in total. The molecule has 146 valence electrons. The van der Waals surface area contributed by atoms with E-state index in [1.165, 1.54) is 31.2 Å². The Labute approximate surface area is 156 Å². The normalized spacial score (nSPS) is 12.4. The summed E-state index contributed by atoms with van der Waals surface area (Å²) in [4.78, 5) is 24.0. The van der Waals surface area contributed by atoms with Gasteiger partial charge in [0.1, 0.15) is 5.76 Å². The number of ether oxygens (including phenoxy) is 1. The first-order valence-corrected chi connectivity index (χ1v) is 9.67. The number of anilines is 1. The number of hydrogen-bond donors (Lipinski definition) is 2. The smallest absolute Gasteiger partial charge is 0.306 e. The van der Waals surface area contributed by atoms with Gasteiger partial charge in [-0.15, -0.1) is 0 Å². The topological polar surface area (TPSA) is 142 Å². The zero-order chi connectivity index (χ0) is 20.2. The summed E-state index contributed by atoms with van der Waals surface area (Å²) in [5.74, 6) is -0.416.